The highest BCUT2D eigenvalue weighted by Crippen LogP contribution is 2.41. The van der Waals surface area contributed by atoms with E-state index >= 15 is 0 Å². The van der Waals surface area contributed by atoms with Crippen LogP contribution in [0.4, 0.5) is 0 Å². The topological polar surface area (TPSA) is 57.2 Å². The highest BCUT2D eigenvalue weighted by molar-refractivity contribution is 5.71. The molecule has 0 spiro atoms. The van der Waals surface area contributed by atoms with Gasteiger partial charge in [-0.1, -0.05) is 24.3 Å². The van der Waals surface area contributed by atoms with Crippen molar-refractivity contribution in [1.29, 1.82) is 0 Å². The van der Waals surface area contributed by atoms with Gasteiger partial charge in [0.2, 0.25) is 0 Å². The summed E-state index contributed by atoms with van der Waals surface area (Å²) in [5.74, 6) is 0.854. The Balaban J connectivity index is 2.31. The summed E-state index contributed by atoms with van der Waals surface area (Å²) in [6.07, 6.45) is -0.830. The van der Waals surface area contributed by atoms with Gasteiger partial charge in [0.05, 0.1) is 0 Å². The third kappa shape index (κ3) is 2.33. The van der Waals surface area contributed by atoms with E-state index in [0.29, 0.717) is 11.5 Å². The fourth-order valence-corrected chi connectivity index (χ4v) is 1.87. The molecule has 0 aliphatic heterocycles. The van der Waals surface area contributed by atoms with Gasteiger partial charge in [-0.05, 0) is 5.56 Å². The summed E-state index contributed by atoms with van der Waals surface area (Å²) < 4.78 is 20.6. The van der Waals surface area contributed by atoms with Crippen LogP contribution < -0.4 is 0 Å². The second kappa shape index (κ2) is 5.86. The molecule has 0 heterocycles. The quantitative estimate of drug-likeness (QED) is 0.780. The summed E-state index contributed by atoms with van der Waals surface area (Å²) in [5, 5.41) is 10.2. The lowest BCUT2D eigenvalue weighted by molar-refractivity contribution is -0.0248. The van der Waals surface area contributed by atoms with Crippen LogP contribution in [0.15, 0.2) is 30.0 Å². The van der Waals surface area contributed by atoms with Gasteiger partial charge in [-0.3, -0.25) is 0 Å². The predicted octanol–water partition coefficient (Wildman–Crippen LogP) is 1.64. The lowest BCUT2D eigenvalue weighted by Crippen LogP contribution is -2.05. The van der Waals surface area contributed by atoms with Gasteiger partial charge in [0.1, 0.15) is 6.10 Å². The first-order chi connectivity index (χ1) is 8.79. The van der Waals surface area contributed by atoms with E-state index in [9.17, 15) is 5.11 Å². The Morgan fingerprint density at radius 2 is 1.72 bits per heavy atom. The average molecular weight is 252 g/mol. The number of ether oxygens (including phenoxy) is 4. The molecule has 1 atom stereocenters. The second-order valence-corrected chi connectivity index (χ2v) is 3.78. The molecule has 18 heavy (non-hydrogen) atoms. The second-order valence-electron chi connectivity index (χ2n) is 3.78. The third-order valence-corrected chi connectivity index (χ3v) is 2.63. The SMILES string of the molecule is COCOC1=C(OCOC)C(O)c2ccccc21. The zero-order chi connectivity index (χ0) is 13.0. The molecule has 0 saturated heterocycles. The van der Waals surface area contributed by atoms with Gasteiger partial charge in [0.25, 0.3) is 0 Å². The van der Waals surface area contributed by atoms with Crippen molar-refractivity contribution in [3.05, 3.63) is 41.2 Å². The third-order valence-electron chi connectivity index (χ3n) is 2.63. The summed E-state index contributed by atoms with van der Waals surface area (Å²) in [5.41, 5.74) is 1.57. The van der Waals surface area contributed by atoms with E-state index in [1.165, 1.54) is 14.2 Å². The van der Waals surface area contributed by atoms with Crippen molar-refractivity contribution >= 4 is 5.76 Å². The van der Waals surface area contributed by atoms with Crippen molar-refractivity contribution in [3.8, 4) is 0 Å². The van der Waals surface area contributed by atoms with Gasteiger partial charge >= 0.3 is 0 Å². The van der Waals surface area contributed by atoms with Crippen molar-refractivity contribution in [2.75, 3.05) is 27.8 Å². The Hall–Kier alpha value is -1.56. The molecular weight excluding hydrogens is 236 g/mol. The normalized spacial score (nSPS) is 17.8. The minimum absolute atomic E-state index is 0.0558. The molecule has 2 rings (SSSR count). The fourth-order valence-electron chi connectivity index (χ4n) is 1.87. The van der Waals surface area contributed by atoms with Crippen molar-refractivity contribution in [2.45, 2.75) is 6.10 Å². The monoisotopic (exact) mass is 252 g/mol. The maximum absolute atomic E-state index is 10.2. The van der Waals surface area contributed by atoms with Crippen molar-refractivity contribution in [3.63, 3.8) is 0 Å². The molecule has 0 bridgehead atoms. The molecule has 5 nitrogen and oxygen atoms in total. The first-order valence-electron chi connectivity index (χ1n) is 5.54. The summed E-state index contributed by atoms with van der Waals surface area (Å²) in [4.78, 5) is 0. The summed E-state index contributed by atoms with van der Waals surface area (Å²) in [6.45, 7) is 0.149. The standard InChI is InChI=1S/C13H16O5/c1-15-7-17-12-10-6-4-3-5-9(10)11(14)13(12)18-8-16-2/h3-6,11,14H,7-8H2,1-2H3. The smallest absolute Gasteiger partial charge is 0.188 e. The number of aliphatic hydroxyl groups excluding tert-OH is 1. The molecule has 1 aromatic carbocycles. The lowest BCUT2D eigenvalue weighted by Gasteiger charge is -2.12. The van der Waals surface area contributed by atoms with Crippen LogP contribution in [0.3, 0.4) is 0 Å². The van der Waals surface area contributed by atoms with Crippen LogP contribution in [-0.2, 0) is 18.9 Å². The van der Waals surface area contributed by atoms with Gasteiger partial charge in [-0.25, -0.2) is 0 Å². The summed E-state index contributed by atoms with van der Waals surface area (Å²) in [6, 6.07) is 7.43. The molecule has 1 aliphatic rings. The molecule has 1 N–H and O–H groups in total. The van der Waals surface area contributed by atoms with E-state index in [1.54, 1.807) is 0 Å². The molecule has 98 valence electrons. The maximum atomic E-state index is 10.2. The Morgan fingerprint density at radius 3 is 2.44 bits per heavy atom. The highest BCUT2D eigenvalue weighted by Gasteiger charge is 2.32. The van der Waals surface area contributed by atoms with Gasteiger partial charge in [-0.15, -0.1) is 0 Å². The zero-order valence-corrected chi connectivity index (χ0v) is 10.4. The maximum Gasteiger partial charge on any atom is 0.188 e. The largest absolute Gasteiger partial charge is 0.465 e. The average Bonchev–Trinajstić information content (AvgIpc) is 2.67. The Bertz CT molecular complexity index is 441. The number of hydrogen-bond acceptors (Lipinski definition) is 5. The molecule has 0 radical (unpaired) electrons. The lowest BCUT2D eigenvalue weighted by atomic mass is 10.1. The molecule has 1 aliphatic carbocycles. The Morgan fingerprint density at radius 1 is 1.06 bits per heavy atom. The number of hydrogen-bond donors (Lipinski definition) is 1. The minimum Gasteiger partial charge on any atom is -0.465 e. The van der Waals surface area contributed by atoms with Gasteiger partial charge in [0.15, 0.2) is 25.1 Å². The number of rotatable bonds is 6. The van der Waals surface area contributed by atoms with E-state index in [2.05, 4.69) is 0 Å². The molecule has 0 fully saturated rings. The molecular formula is C13H16O5. The van der Waals surface area contributed by atoms with Crippen LogP contribution in [0.25, 0.3) is 5.76 Å². The van der Waals surface area contributed by atoms with Crippen LogP contribution >= 0.6 is 0 Å². The molecule has 1 aromatic rings. The highest BCUT2D eigenvalue weighted by atomic mass is 16.7. The van der Waals surface area contributed by atoms with E-state index in [-0.39, 0.29) is 13.6 Å². The zero-order valence-electron chi connectivity index (χ0n) is 10.4. The predicted molar refractivity (Wildman–Crippen MR) is 64.2 cm³/mol. The molecule has 0 aromatic heterocycles. The van der Waals surface area contributed by atoms with Crippen LogP contribution in [0.5, 0.6) is 0 Å². The van der Waals surface area contributed by atoms with E-state index in [0.717, 1.165) is 11.1 Å². The first-order valence-corrected chi connectivity index (χ1v) is 5.54. The van der Waals surface area contributed by atoms with Crippen LogP contribution in [-0.4, -0.2) is 32.9 Å². The number of methoxy groups -OCH3 is 2. The summed E-state index contributed by atoms with van der Waals surface area (Å²) in [7, 11) is 3.05. The fraction of sp³-hybridized carbons (Fsp3) is 0.385. The Kier molecular flexibility index (Phi) is 4.19. The van der Waals surface area contributed by atoms with Crippen molar-refractivity contribution < 1.29 is 24.1 Å². The number of aliphatic hydroxyl groups is 1. The first kappa shape index (κ1) is 12.9. The minimum atomic E-state index is -0.830. The molecule has 5 heteroatoms. The van der Waals surface area contributed by atoms with Gasteiger partial charge in [-0.2, -0.15) is 0 Å². The van der Waals surface area contributed by atoms with Crippen molar-refractivity contribution in [2.24, 2.45) is 0 Å². The summed E-state index contributed by atoms with van der Waals surface area (Å²) >= 11 is 0. The van der Waals surface area contributed by atoms with E-state index in [4.69, 9.17) is 18.9 Å². The molecule has 1 unspecified atom stereocenters. The van der Waals surface area contributed by atoms with Crippen LogP contribution in [0.2, 0.25) is 0 Å². The van der Waals surface area contributed by atoms with Crippen LogP contribution in [0.1, 0.15) is 17.2 Å². The van der Waals surface area contributed by atoms with Gasteiger partial charge in [0, 0.05) is 19.8 Å². The molecule has 0 saturated carbocycles. The number of benzene rings is 1. The van der Waals surface area contributed by atoms with Gasteiger partial charge < -0.3 is 24.1 Å². The number of fused-ring (bicyclic) bond motifs is 1. The Labute approximate surface area is 106 Å². The van der Waals surface area contributed by atoms with E-state index in [1.807, 2.05) is 24.3 Å². The van der Waals surface area contributed by atoms with E-state index < -0.39 is 6.10 Å². The van der Waals surface area contributed by atoms with Crippen LogP contribution in [0, 0.1) is 0 Å². The van der Waals surface area contributed by atoms with Crippen molar-refractivity contribution in [1.82, 2.24) is 0 Å². The molecule has 0 amide bonds.